The van der Waals surface area contributed by atoms with E-state index in [9.17, 15) is 0 Å². The van der Waals surface area contributed by atoms with Gasteiger partial charge in [0.25, 0.3) is 0 Å². The summed E-state index contributed by atoms with van der Waals surface area (Å²) in [6, 6.07) is 56.8. The number of allylic oxidation sites excluding steroid dienone is 1. The second kappa shape index (κ2) is 13.6. The fourth-order valence-electron chi connectivity index (χ4n) is 7.03. The van der Waals surface area contributed by atoms with Crippen molar-refractivity contribution in [1.82, 2.24) is 0 Å². The maximum atomic E-state index is 3.95. The zero-order valence-corrected chi connectivity index (χ0v) is 28.0. The zero-order chi connectivity index (χ0) is 33.9. The zero-order valence-electron chi connectivity index (χ0n) is 28.0. The molecule has 0 saturated carbocycles. The Morgan fingerprint density at radius 2 is 0.940 bits per heavy atom. The third-order valence-electron chi connectivity index (χ3n) is 9.65. The average molecular weight is 643 g/mol. The molecule has 0 heterocycles. The van der Waals surface area contributed by atoms with E-state index < -0.39 is 0 Å². The molecular weight excluding hydrogens is 605 g/mol. The van der Waals surface area contributed by atoms with Crippen LogP contribution < -0.4 is 9.80 Å². The summed E-state index contributed by atoms with van der Waals surface area (Å²) in [6.45, 7) is 7.90. The van der Waals surface area contributed by atoms with Gasteiger partial charge in [0.2, 0.25) is 0 Å². The van der Waals surface area contributed by atoms with E-state index in [1.165, 1.54) is 38.7 Å². The van der Waals surface area contributed by atoms with E-state index in [1.54, 1.807) is 0 Å². The lowest BCUT2D eigenvalue weighted by molar-refractivity contribution is 0.984. The maximum Gasteiger partial charge on any atom is 0.0540 e. The van der Waals surface area contributed by atoms with E-state index in [1.807, 2.05) is 12.2 Å². The smallest absolute Gasteiger partial charge is 0.0540 e. The molecule has 0 amide bonds. The van der Waals surface area contributed by atoms with Crippen LogP contribution >= 0.6 is 0 Å². The number of fused-ring (bicyclic) bond motifs is 2. The highest BCUT2D eigenvalue weighted by molar-refractivity contribution is 5.99. The van der Waals surface area contributed by atoms with Crippen molar-refractivity contribution in [1.29, 1.82) is 0 Å². The van der Waals surface area contributed by atoms with Crippen molar-refractivity contribution in [3.63, 3.8) is 0 Å². The summed E-state index contributed by atoms with van der Waals surface area (Å²) in [5.41, 5.74) is 14.0. The molecule has 2 heteroatoms. The molecule has 50 heavy (non-hydrogen) atoms. The fourth-order valence-corrected chi connectivity index (χ4v) is 7.03. The van der Waals surface area contributed by atoms with Crippen LogP contribution in [0, 0.1) is 0 Å². The SMILES string of the molecule is C=Cc1ccc(N(c2ccc(-c3ccc(N(c4ccc(C=C)cc4)c4cccc5ccccc45)cc3)cc2)c2cccc3c2C=CCC3)cc1. The molecule has 1 aliphatic rings. The topological polar surface area (TPSA) is 6.48 Å². The molecule has 240 valence electrons. The third kappa shape index (κ3) is 5.93. The Kier molecular flexibility index (Phi) is 8.42. The molecule has 0 unspecified atom stereocenters. The summed E-state index contributed by atoms with van der Waals surface area (Å²) >= 11 is 0. The van der Waals surface area contributed by atoms with Crippen LogP contribution in [-0.2, 0) is 6.42 Å². The van der Waals surface area contributed by atoms with Crippen molar-refractivity contribution in [2.75, 3.05) is 9.80 Å². The second-order valence-corrected chi connectivity index (χ2v) is 12.6. The van der Waals surface area contributed by atoms with Crippen molar-refractivity contribution in [2.45, 2.75) is 12.8 Å². The number of aryl methyl sites for hydroxylation is 1. The molecule has 0 atom stereocenters. The lowest BCUT2D eigenvalue weighted by atomic mass is 9.95. The van der Waals surface area contributed by atoms with Crippen LogP contribution in [-0.4, -0.2) is 0 Å². The van der Waals surface area contributed by atoms with E-state index in [2.05, 4.69) is 193 Å². The van der Waals surface area contributed by atoms with Gasteiger partial charge in [0.1, 0.15) is 0 Å². The summed E-state index contributed by atoms with van der Waals surface area (Å²) in [7, 11) is 0. The number of anilines is 6. The van der Waals surface area contributed by atoms with Crippen molar-refractivity contribution >= 4 is 63.1 Å². The molecule has 0 N–H and O–H groups in total. The third-order valence-corrected chi connectivity index (χ3v) is 9.65. The Morgan fingerprint density at radius 1 is 0.460 bits per heavy atom. The van der Waals surface area contributed by atoms with Gasteiger partial charge in [0.15, 0.2) is 0 Å². The highest BCUT2D eigenvalue weighted by atomic mass is 15.1. The van der Waals surface area contributed by atoms with Crippen LogP contribution in [0.1, 0.15) is 28.7 Å². The highest BCUT2D eigenvalue weighted by Crippen LogP contribution is 2.42. The Morgan fingerprint density at radius 3 is 1.52 bits per heavy atom. The van der Waals surface area contributed by atoms with Crippen molar-refractivity contribution in [2.24, 2.45) is 0 Å². The van der Waals surface area contributed by atoms with E-state index >= 15 is 0 Å². The molecule has 2 nitrogen and oxygen atoms in total. The van der Waals surface area contributed by atoms with Gasteiger partial charge >= 0.3 is 0 Å². The molecule has 0 saturated heterocycles. The quantitative estimate of drug-likeness (QED) is 0.155. The molecule has 0 spiro atoms. The van der Waals surface area contributed by atoms with Gasteiger partial charge in [-0.3, -0.25) is 0 Å². The van der Waals surface area contributed by atoms with Gasteiger partial charge in [0, 0.05) is 33.7 Å². The molecule has 8 rings (SSSR count). The van der Waals surface area contributed by atoms with Crippen molar-refractivity contribution < 1.29 is 0 Å². The van der Waals surface area contributed by atoms with Crippen LogP contribution in [0.15, 0.2) is 177 Å². The van der Waals surface area contributed by atoms with Gasteiger partial charge in [0.05, 0.1) is 11.4 Å². The van der Waals surface area contributed by atoms with Gasteiger partial charge in [-0.25, -0.2) is 0 Å². The molecular formula is C48H38N2. The van der Waals surface area contributed by atoms with Crippen LogP contribution in [0.2, 0.25) is 0 Å². The van der Waals surface area contributed by atoms with Crippen molar-refractivity contribution in [3.8, 4) is 11.1 Å². The Balaban J connectivity index is 1.16. The summed E-state index contributed by atoms with van der Waals surface area (Å²) in [6.07, 6.45) is 10.5. The normalized spacial score (nSPS) is 11.9. The molecule has 7 aromatic carbocycles. The highest BCUT2D eigenvalue weighted by Gasteiger charge is 2.19. The molecule has 0 aliphatic heterocycles. The van der Waals surface area contributed by atoms with Crippen LogP contribution in [0.5, 0.6) is 0 Å². The monoisotopic (exact) mass is 642 g/mol. The first kappa shape index (κ1) is 30.9. The molecule has 0 radical (unpaired) electrons. The Bertz CT molecular complexity index is 2320. The van der Waals surface area contributed by atoms with E-state index in [0.717, 1.165) is 52.4 Å². The second-order valence-electron chi connectivity index (χ2n) is 12.6. The first-order valence-electron chi connectivity index (χ1n) is 17.2. The minimum atomic E-state index is 1.07. The lowest BCUT2D eigenvalue weighted by Gasteiger charge is -2.29. The average Bonchev–Trinajstić information content (AvgIpc) is 3.19. The molecule has 0 aromatic heterocycles. The molecule has 0 fully saturated rings. The first-order valence-corrected chi connectivity index (χ1v) is 17.2. The fraction of sp³-hybridized carbons (Fsp3) is 0.0417. The number of nitrogens with zero attached hydrogens (tertiary/aromatic N) is 2. The number of benzene rings is 7. The minimum Gasteiger partial charge on any atom is -0.310 e. The van der Waals surface area contributed by atoms with Gasteiger partial charge in [-0.1, -0.05) is 135 Å². The molecule has 7 aromatic rings. The predicted molar refractivity (Wildman–Crippen MR) is 216 cm³/mol. The Labute approximate surface area is 295 Å². The van der Waals surface area contributed by atoms with Crippen LogP contribution in [0.4, 0.5) is 34.1 Å². The minimum absolute atomic E-state index is 1.07. The van der Waals surface area contributed by atoms with Crippen LogP contribution in [0.25, 0.3) is 40.1 Å². The molecule has 0 bridgehead atoms. The van der Waals surface area contributed by atoms with Gasteiger partial charge in [-0.2, -0.15) is 0 Å². The van der Waals surface area contributed by atoms with Crippen LogP contribution in [0.3, 0.4) is 0 Å². The first-order chi connectivity index (χ1) is 24.7. The maximum absolute atomic E-state index is 3.95. The van der Waals surface area contributed by atoms with E-state index in [-0.39, 0.29) is 0 Å². The summed E-state index contributed by atoms with van der Waals surface area (Å²) in [5, 5.41) is 2.42. The van der Waals surface area contributed by atoms with E-state index in [0.29, 0.717) is 0 Å². The largest absolute Gasteiger partial charge is 0.310 e. The number of hydrogen-bond donors (Lipinski definition) is 0. The summed E-state index contributed by atoms with van der Waals surface area (Å²) in [4.78, 5) is 4.71. The number of hydrogen-bond acceptors (Lipinski definition) is 2. The van der Waals surface area contributed by atoms with Gasteiger partial charge in [-0.05, 0) is 107 Å². The lowest BCUT2D eigenvalue weighted by Crippen LogP contribution is -2.13. The number of rotatable bonds is 9. The van der Waals surface area contributed by atoms with E-state index in [4.69, 9.17) is 0 Å². The molecule has 1 aliphatic carbocycles. The predicted octanol–water partition coefficient (Wildman–Crippen LogP) is 13.7. The Hall–Kier alpha value is -6.38. The summed E-state index contributed by atoms with van der Waals surface area (Å²) < 4.78 is 0. The summed E-state index contributed by atoms with van der Waals surface area (Å²) in [5.74, 6) is 0. The van der Waals surface area contributed by atoms with Gasteiger partial charge < -0.3 is 9.80 Å². The van der Waals surface area contributed by atoms with Crippen molar-refractivity contribution in [3.05, 3.63) is 199 Å². The van der Waals surface area contributed by atoms with Gasteiger partial charge in [-0.15, -0.1) is 0 Å². The standard InChI is InChI=1S/C48H38N2/c1-3-35-19-27-41(28-20-35)49(47-17-9-13-39-11-5-7-15-45(39)47)43-31-23-37(24-32-43)38-25-33-44(34-26-38)50(42-29-21-36(4-2)22-30-42)48-18-10-14-40-12-6-8-16-46(40)48/h3-5,7-11,13-34H,1-2,6,12H2.